The van der Waals surface area contributed by atoms with Gasteiger partial charge in [-0.3, -0.25) is 0 Å². The second-order valence-corrected chi connectivity index (χ2v) is 5.42. The van der Waals surface area contributed by atoms with Crippen LogP contribution < -0.4 is 5.40 Å². The summed E-state index contributed by atoms with van der Waals surface area (Å²) < 4.78 is 4.85. The second-order valence-electron chi connectivity index (χ2n) is 1.81. The van der Waals surface area contributed by atoms with Gasteiger partial charge in [-0.15, -0.1) is 0 Å². The lowest BCUT2D eigenvalue weighted by molar-refractivity contribution is 0.406. The molecule has 2 N–H and O–H groups in total. The van der Waals surface area contributed by atoms with Crippen LogP contribution in [-0.2, 0) is 4.43 Å². The molecule has 0 fully saturated rings. The quantitative estimate of drug-likeness (QED) is 0.487. The largest absolute Gasteiger partial charge is 0.407 e. The van der Waals surface area contributed by atoms with Crippen LogP contribution in [-0.4, -0.2) is 15.6 Å². The summed E-state index contributed by atoms with van der Waals surface area (Å²) in [6.07, 6.45) is 0. The van der Waals surface area contributed by atoms with Gasteiger partial charge in [-0.25, -0.2) is 0 Å². The molecule has 0 atom stereocenters. The van der Waals surface area contributed by atoms with E-state index < -0.39 is 8.48 Å². The lowest BCUT2D eigenvalue weighted by Gasteiger charge is -2.10. The second kappa shape index (κ2) is 1.73. The Morgan fingerprint density at radius 2 is 1.67 bits per heavy atom. The Kier molecular flexibility index (Phi) is 1.77. The van der Waals surface area contributed by atoms with Crippen molar-refractivity contribution in [1.82, 2.24) is 0 Å². The fraction of sp³-hybridized carbons (Fsp3) is 1.00. The first-order chi connectivity index (χ1) is 2.56. The molecule has 0 aromatic heterocycles. The highest BCUT2D eigenvalue weighted by atomic mass is 28.4. The average Bonchev–Trinajstić information content (AvgIpc) is 1.35. The monoisotopic (exact) mass is 105 g/mol. The van der Waals surface area contributed by atoms with Crippen molar-refractivity contribution in [3.63, 3.8) is 0 Å². The summed E-state index contributed by atoms with van der Waals surface area (Å²) in [6, 6.07) is 0. The Labute approximate surface area is 39.5 Å². The molecule has 0 aliphatic heterocycles. The van der Waals surface area contributed by atoms with Crippen LogP contribution in [0.3, 0.4) is 0 Å². The third-order valence-corrected chi connectivity index (χ3v) is 1.58. The molecule has 0 bridgehead atoms. The first-order valence-corrected chi connectivity index (χ1v) is 4.89. The average molecular weight is 105 g/mol. The number of hydrogen-bond donors (Lipinski definition) is 1. The lowest BCUT2D eigenvalue weighted by Crippen LogP contribution is -2.40. The molecule has 38 valence electrons. The van der Waals surface area contributed by atoms with Crippen molar-refractivity contribution >= 4 is 8.48 Å². The maximum Gasteiger partial charge on any atom is 0.259 e. The van der Waals surface area contributed by atoms with Crippen molar-refractivity contribution in [3.8, 4) is 0 Å². The molecule has 0 heterocycles. The highest BCUT2D eigenvalue weighted by molar-refractivity contribution is 6.67. The lowest BCUT2D eigenvalue weighted by atomic mass is 11.8. The Balaban J connectivity index is 3.17. The van der Waals surface area contributed by atoms with Gasteiger partial charge in [-0.2, -0.15) is 0 Å². The summed E-state index contributed by atoms with van der Waals surface area (Å²) in [5.41, 5.74) is 0. The zero-order valence-electron chi connectivity index (χ0n) is 4.49. The standard InChI is InChI=1S/C3H11NOSi/c1-5-6(2,3)4/h4H2,1-3H3. The van der Waals surface area contributed by atoms with Gasteiger partial charge in [0, 0.05) is 7.11 Å². The molecule has 0 radical (unpaired) electrons. The van der Waals surface area contributed by atoms with Gasteiger partial charge in [0.05, 0.1) is 0 Å². The first-order valence-electron chi connectivity index (χ1n) is 1.90. The van der Waals surface area contributed by atoms with E-state index in [1.54, 1.807) is 7.11 Å². The van der Waals surface area contributed by atoms with Crippen LogP contribution in [0.15, 0.2) is 0 Å². The van der Waals surface area contributed by atoms with Gasteiger partial charge in [0.15, 0.2) is 0 Å². The molecule has 6 heavy (non-hydrogen) atoms. The van der Waals surface area contributed by atoms with Gasteiger partial charge in [0.1, 0.15) is 0 Å². The molecule has 3 heteroatoms. The van der Waals surface area contributed by atoms with Crippen LogP contribution in [0.2, 0.25) is 13.1 Å². The summed E-state index contributed by atoms with van der Waals surface area (Å²) in [5.74, 6) is 0. The van der Waals surface area contributed by atoms with Gasteiger partial charge in [0.2, 0.25) is 0 Å². The minimum Gasteiger partial charge on any atom is -0.407 e. The van der Waals surface area contributed by atoms with E-state index in [4.69, 9.17) is 9.83 Å². The van der Waals surface area contributed by atoms with Crippen LogP contribution >= 0.6 is 0 Å². The predicted molar refractivity (Wildman–Crippen MR) is 28.7 cm³/mol. The molecule has 0 unspecified atom stereocenters. The zero-order chi connectivity index (χ0) is 5.21. The first kappa shape index (κ1) is 6.14. The van der Waals surface area contributed by atoms with E-state index in [-0.39, 0.29) is 0 Å². The number of nitrogens with two attached hydrogens (primary N) is 1. The third-order valence-electron chi connectivity index (χ3n) is 0.526. The molecule has 0 saturated carbocycles. The van der Waals surface area contributed by atoms with Crippen molar-refractivity contribution in [1.29, 1.82) is 0 Å². The summed E-state index contributed by atoms with van der Waals surface area (Å²) in [6.45, 7) is 3.88. The number of hydrogen-bond acceptors (Lipinski definition) is 2. The third kappa shape index (κ3) is 4.14. The van der Waals surface area contributed by atoms with Gasteiger partial charge in [-0.05, 0) is 13.1 Å². The molecule has 2 nitrogen and oxygen atoms in total. The van der Waals surface area contributed by atoms with Crippen molar-refractivity contribution in [2.75, 3.05) is 7.11 Å². The topological polar surface area (TPSA) is 35.2 Å². The maximum atomic E-state index is 5.45. The molecular formula is C3H11NOSi. The molecule has 0 aliphatic carbocycles. The van der Waals surface area contributed by atoms with Crippen LogP contribution in [0.5, 0.6) is 0 Å². The minimum atomic E-state index is -1.63. The molecule has 0 aromatic carbocycles. The van der Waals surface area contributed by atoms with Gasteiger partial charge in [-0.1, -0.05) is 0 Å². The highest BCUT2D eigenvalue weighted by Crippen LogP contribution is 1.87. The molecule has 0 amide bonds. The van der Waals surface area contributed by atoms with Gasteiger partial charge >= 0.3 is 0 Å². The van der Waals surface area contributed by atoms with E-state index in [1.165, 1.54) is 0 Å². The van der Waals surface area contributed by atoms with Crippen LogP contribution in [0.4, 0.5) is 0 Å². The highest BCUT2D eigenvalue weighted by Gasteiger charge is 2.10. The van der Waals surface area contributed by atoms with E-state index in [0.29, 0.717) is 0 Å². The van der Waals surface area contributed by atoms with Crippen molar-refractivity contribution in [2.45, 2.75) is 13.1 Å². The molecule has 0 rings (SSSR count). The van der Waals surface area contributed by atoms with Crippen LogP contribution in [0.25, 0.3) is 0 Å². The molecular weight excluding hydrogens is 94.1 g/mol. The molecule has 0 spiro atoms. The van der Waals surface area contributed by atoms with E-state index in [1.807, 2.05) is 13.1 Å². The molecule has 0 aliphatic rings. The Morgan fingerprint density at radius 3 is 1.67 bits per heavy atom. The molecule has 0 aromatic rings. The number of rotatable bonds is 1. The fourth-order valence-electron chi connectivity index (χ4n) is 0. The van der Waals surface area contributed by atoms with Crippen LogP contribution in [0.1, 0.15) is 0 Å². The Hall–Kier alpha value is 0.137. The van der Waals surface area contributed by atoms with E-state index in [0.717, 1.165) is 0 Å². The van der Waals surface area contributed by atoms with Gasteiger partial charge in [0.25, 0.3) is 8.48 Å². The normalized spacial score (nSPS) is 12.0. The SMILES string of the molecule is CO[Si](C)(C)N. The summed E-state index contributed by atoms with van der Waals surface area (Å²) in [4.78, 5) is 0. The fourth-order valence-corrected chi connectivity index (χ4v) is 0. The Bertz CT molecular complexity index is 40.5. The zero-order valence-corrected chi connectivity index (χ0v) is 5.49. The van der Waals surface area contributed by atoms with Crippen molar-refractivity contribution < 1.29 is 4.43 Å². The van der Waals surface area contributed by atoms with Crippen LogP contribution in [0, 0.1) is 0 Å². The summed E-state index contributed by atoms with van der Waals surface area (Å²) in [7, 11) is 0.0139. The van der Waals surface area contributed by atoms with E-state index in [9.17, 15) is 0 Å². The van der Waals surface area contributed by atoms with Crippen molar-refractivity contribution in [2.24, 2.45) is 5.40 Å². The maximum absolute atomic E-state index is 5.45. The minimum absolute atomic E-state index is 1.63. The van der Waals surface area contributed by atoms with Crippen molar-refractivity contribution in [3.05, 3.63) is 0 Å². The summed E-state index contributed by atoms with van der Waals surface area (Å²) in [5, 5.41) is 5.45. The van der Waals surface area contributed by atoms with Gasteiger partial charge < -0.3 is 9.83 Å². The smallest absolute Gasteiger partial charge is 0.259 e. The molecule has 0 saturated heterocycles. The summed E-state index contributed by atoms with van der Waals surface area (Å²) >= 11 is 0. The van der Waals surface area contributed by atoms with E-state index in [2.05, 4.69) is 0 Å². The Morgan fingerprint density at radius 1 is 1.50 bits per heavy atom. The predicted octanol–water partition coefficient (Wildman–Crippen LogP) is 0.293. The van der Waals surface area contributed by atoms with E-state index >= 15 is 0 Å².